The van der Waals surface area contributed by atoms with E-state index in [2.05, 4.69) is 45.7 Å². The number of hydrogen-bond acceptors (Lipinski definition) is 3. The van der Waals surface area contributed by atoms with Gasteiger partial charge in [-0.1, -0.05) is 0 Å². The standard InChI is InChI=1S/C11H18BrN3/c1-3-15(6-4-5-13)11-9(2)7-10(12)8-14-11/h7-8H,3-6,13H2,1-2H3. The summed E-state index contributed by atoms with van der Waals surface area (Å²) in [5, 5.41) is 0. The summed E-state index contributed by atoms with van der Waals surface area (Å²) < 4.78 is 1.03. The molecule has 0 aromatic carbocycles. The van der Waals surface area contributed by atoms with Crippen molar-refractivity contribution >= 4 is 21.7 Å². The first-order valence-corrected chi connectivity index (χ1v) is 6.05. The topological polar surface area (TPSA) is 42.1 Å². The van der Waals surface area contributed by atoms with Crippen LogP contribution in [0.2, 0.25) is 0 Å². The SMILES string of the molecule is CCN(CCCN)c1ncc(Br)cc1C. The number of halogens is 1. The maximum absolute atomic E-state index is 5.52. The number of hydrogen-bond donors (Lipinski definition) is 1. The molecule has 84 valence electrons. The van der Waals surface area contributed by atoms with Crippen LogP contribution in [0.4, 0.5) is 5.82 Å². The molecule has 0 fully saturated rings. The zero-order valence-electron chi connectivity index (χ0n) is 9.33. The van der Waals surface area contributed by atoms with Gasteiger partial charge in [-0.15, -0.1) is 0 Å². The molecule has 0 bridgehead atoms. The Labute approximate surface area is 99.8 Å². The van der Waals surface area contributed by atoms with Gasteiger partial charge in [0.25, 0.3) is 0 Å². The Morgan fingerprint density at radius 2 is 2.27 bits per heavy atom. The predicted octanol–water partition coefficient (Wildman–Crippen LogP) is 2.33. The second-order valence-electron chi connectivity index (χ2n) is 3.52. The van der Waals surface area contributed by atoms with E-state index >= 15 is 0 Å². The number of nitrogens with zero attached hydrogens (tertiary/aromatic N) is 2. The number of aryl methyl sites for hydroxylation is 1. The average molecular weight is 272 g/mol. The first-order chi connectivity index (χ1) is 7.19. The Hall–Kier alpha value is -0.610. The van der Waals surface area contributed by atoms with Crippen LogP contribution in [0, 0.1) is 6.92 Å². The fourth-order valence-electron chi connectivity index (χ4n) is 1.56. The lowest BCUT2D eigenvalue weighted by Gasteiger charge is -2.23. The summed E-state index contributed by atoms with van der Waals surface area (Å²) in [4.78, 5) is 6.70. The van der Waals surface area contributed by atoms with Crippen LogP contribution in [0.1, 0.15) is 18.9 Å². The van der Waals surface area contributed by atoms with Gasteiger partial charge in [-0.05, 0) is 54.4 Å². The monoisotopic (exact) mass is 271 g/mol. The molecule has 0 aliphatic carbocycles. The van der Waals surface area contributed by atoms with Crippen LogP contribution in [0.25, 0.3) is 0 Å². The van der Waals surface area contributed by atoms with Crippen molar-refractivity contribution in [2.75, 3.05) is 24.5 Å². The van der Waals surface area contributed by atoms with Crippen molar-refractivity contribution < 1.29 is 0 Å². The highest BCUT2D eigenvalue weighted by atomic mass is 79.9. The quantitative estimate of drug-likeness (QED) is 0.894. The van der Waals surface area contributed by atoms with Crippen LogP contribution in [0.5, 0.6) is 0 Å². The summed E-state index contributed by atoms with van der Waals surface area (Å²) in [6.07, 6.45) is 2.85. The lowest BCUT2D eigenvalue weighted by atomic mass is 10.2. The van der Waals surface area contributed by atoms with Crippen LogP contribution < -0.4 is 10.6 Å². The third kappa shape index (κ3) is 3.47. The van der Waals surface area contributed by atoms with Gasteiger partial charge in [0.1, 0.15) is 5.82 Å². The van der Waals surface area contributed by atoms with Gasteiger partial charge in [-0.2, -0.15) is 0 Å². The number of rotatable bonds is 5. The van der Waals surface area contributed by atoms with Crippen molar-refractivity contribution in [1.82, 2.24) is 4.98 Å². The molecule has 1 heterocycles. The summed E-state index contributed by atoms with van der Waals surface area (Å²) in [5.41, 5.74) is 6.71. The lowest BCUT2D eigenvalue weighted by Crippen LogP contribution is -2.27. The minimum atomic E-state index is 0.728. The largest absolute Gasteiger partial charge is 0.357 e. The van der Waals surface area contributed by atoms with Gasteiger partial charge in [-0.25, -0.2) is 4.98 Å². The Balaban J connectivity index is 2.81. The molecule has 1 aromatic heterocycles. The fraction of sp³-hybridized carbons (Fsp3) is 0.545. The Morgan fingerprint density at radius 1 is 1.53 bits per heavy atom. The van der Waals surface area contributed by atoms with Crippen molar-refractivity contribution in [3.8, 4) is 0 Å². The molecule has 0 atom stereocenters. The summed E-state index contributed by atoms with van der Waals surface area (Å²) >= 11 is 3.42. The van der Waals surface area contributed by atoms with Gasteiger partial charge in [0.2, 0.25) is 0 Å². The Kier molecular flexibility index (Phi) is 5.05. The molecule has 0 amide bonds. The highest BCUT2D eigenvalue weighted by Gasteiger charge is 2.08. The second-order valence-corrected chi connectivity index (χ2v) is 4.43. The number of anilines is 1. The molecule has 4 heteroatoms. The second kappa shape index (κ2) is 6.08. The molecule has 0 aliphatic rings. The van der Waals surface area contributed by atoms with Gasteiger partial charge in [-0.3, -0.25) is 0 Å². The maximum atomic E-state index is 5.52. The highest BCUT2D eigenvalue weighted by molar-refractivity contribution is 9.10. The molecule has 0 saturated carbocycles. The van der Waals surface area contributed by atoms with Crippen LogP contribution in [-0.2, 0) is 0 Å². The number of aromatic nitrogens is 1. The molecule has 3 nitrogen and oxygen atoms in total. The lowest BCUT2D eigenvalue weighted by molar-refractivity contribution is 0.742. The zero-order chi connectivity index (χ0) is 11.3. The van der Waals surface area contributed by atoms with E-state index in [1.807, 2.05) is 6.20 Å². The molecule has 1 rings (SSSR count). The van der Waals surface area contributed by atoms with Gasteiger partial charge < -0.3 is 10.6 Å². The van der Waals surface area contributed by atoms with E-state index in [4.69, 9.17) is 5.73 Å². The normalized spacial score (nSPS) is 10.4. The zero-order valence-corrected chi connectivity index (χ0v) is 10.9. The smallest absolute Gasteiger partial charge is 0.131 e. The van der Waals surface area contributed by atoms with E-state index in [9.17, 15) is 0 Å². The molecule has 0 saturated heterocycles. The van der Waals surface area contributed by atoms with Crippen LogP contribution >= 0.6 is 15.9 Å². The minimum absolute atomic E-state index is 0.728. The molecule has 0 aliphatic heterocycles. The first kappa shape index (κ1) is 12.5. The van der Waals surface area contributed by atoms with Gasteiger partial charge >= 0.3 is 0 Å². The summed E-state index contributed by atoms with van der Waals surface area (Å²) in [6, 6.07) is 2.09. The Bertz CT molecular complexity index is 315. The van der Waals surface area contributed by atoms with Crippen molar-refractivity contribution in [3.63, 3.8) is 0 Å². The minimum Gasteiger partial charge on any atom is -0.357 e. The molecule has 15 heavy (non-hydrogen) atoms. The van der Waals surface area contributed by atoms with Crippen molar-refractivity contribution in [1.29, 1.82) is 0 Å². The number of pyridine rings is 1. The van der Waals surface area contributed by atoms with Crippen molar-refractivity contribution in [2.24, 2.45) is 5.73 Å². The molecule has 2 N–H and O–H groups in total. The number of nitrogens with two attached hydrogens (primary N) is 1. The maximum Gasteiger partial charge on any atom is 0.131 e. The van der Waals surface area contributed by atoms with Crippen molar-refractivity contribution in [2.45, 2.75) is 20.3 Å². The molecular weight excluding hydrogens is 254 g/mol. The van der Waals surface area contributed by atoms with E-state index in [0.717, 1.165) is 36.3 Å². The average Bonchev–Trinajstić information content (AvgIpc) is 2.21. The molecule has 0 radical (unpaired) electrons. The van der Waals surface area contributed by atoms with E-state index < -0.39 is 0 Å². The predicted molar refractivity (Wildman–Crippen MR) is 68.2 cm³/mol. The third-order valence-corrected chi connectivity index (χ3v) is 2.76. The summed E-state index contributed by atoms with van der Waals surface area (Å²) in [6.45, 7) is 6.89. The first-order valence-electron chi connectivity index (χ1n) is 5.26. The molecule has 0 spiro atoms. The Morgan fingerprint density at radius 3 is 2.80 bits per heavy atom. The van der Waals surface area contributed by atoms with Crippen LogP contribution in [0.15, 0.2) is 16.7 Å². The molecular formula is C11H18BrN3. The summed E-state index contributed by atoms with van der Waals surface area (Å²) in [7, 11) is 0. The van der Waals surface area contributed by atoms with E-state index in [0.29, 0.717) is 0 Å². The summed E-state index contributed by atoms with van der Waals surface area (Å²) in [5.74, 6) is 1.06. The fourth-order valence-corrected chi connectivity index (χ4v) is 2.01. The molecule has 0 unspecified atom stereocenters. The third-order valence-electron chi connectivity index (χ3n) is 2.33. The molecule has 1 aromatic rings. The van der Waals surface area contributed by atoms with E-state index in [1.54, 1.807) is 0 Å². The van der Waals surface area contributed by atoms with Crippen molar-refractivity contribution in [3.05, 3.63) is 22.3 Å². The van der Waals surface area contributed by atoms with E-state index in [-0.39, 0.29) is 0 Å². The van der Waals surface area contributed by atoms with Gasteiger partial charge in [0.05, 0.1) is 0 Å². The van der Waals surface area contributed by atoms with Gasteiger partial charge in [0, 0.05) is 23.8 Å². The van der Waals surface area contributed by atoms with Gasteiger partial charge in [0.15, 0.2) is 0 Å². The highest BCUT2D eigenvalue weighted by Crippen LogP contribution is 2.20. The van der Waals surface area contributed by atoms with Crippen LogP contribution in [-0.4, -0.2) is 24.6 Å². The van der Waals surface area contributed by atoms with E-state index in [1.165, 1.54) is 5.56 Å². The van der Waals surface area contributed by atoms with Crippen LogP contribution in [0.3, 0.4) is 0 Å².